The summed E-state index contributed by atoms with van der Waals surface area (Å²) in [5.74, 6) is 0.646. The topological polar surface area (TPSA) is 64.3 Å². The first-order valence-corrected chi connectivity index (χ1v) is 6.31. The summed E-state index contributed by atoms with van der Waals surface area (Å²) in [6.07, 6.45) is 3.49. The SMILES string of the molecule is COc1ccc2ncn(CC3(CO)CC3)c(=O)c2c1. The van der Waals surface area contributed by atoms with Crippen LogP contribution in [0.15, 0.2) is 29.3 Å². The lowest BCUT2D eigenvalue weighted by Crippen LogP contribution is -2.26. The van der Waals surface area contributed by atoms with E-state index in [4.69, 9.17) is 4.74 Å². The van der Waals surface area contributed by atoms with E-state index >= 15 is 0 Å². The molecule has 3 rings (SSSR count). The van der Waals surface area contributed by atoms with Crippen molar-refractivity contribution in [3.63, 3.8) is 0 Å². The van der Waals surface area contributed by atoms with Crippen LogP contribution in [0.5, 0.6) is 5.75 Å². The molecule has 5 heteroatoms. The number of nitrogens with zero attached hydrogens (tertiary/aromatic N) is 2. The Kier molecular flexibility index (Phi) is 2.78. The van der Waals surface area contributed by atoms with Gasteiger partial charge in [0.25, 0.3) is 5.56 Å². The van der Waals surface area contributed by atoms with Crippen LogP contribution in [0.1, 0.15) is 12.8 Å². The highest BCUT2D eigenvalue weighted by Gasteiger charge is 2.42. The third kappa shape index (κ3) is 2.10. The quantitative estimate of drug-likeness (QED) is 0.896. The minimum atomic E-state index is -0.113. The average molecular weight is 260 g/mol. The monoisotopic (exact) mass is 260 g/mol. The first-order valence-electron chi connectivity index (χ1n) is 6.31. The summed E-state index contributed by atoms with van der Waals surface area (Å²) < 4.78 is 6.72. The minimum absolute atomic E-state index is 0.0800. The van der Waals surface area contributed by atoms with E-state index < -0.39 is 0 Å². The van der Waals surface area contributed by atoms with E-state index in [9.17, 15) is 9.90 Å². The van der Waals surface area contributed by atoms with E-state index in [1.807, 2.05) is 0 Å². The Labute approximate surface area is 110 Å². The van der Waals surface area contributed by atoms with Crippen molar-refractivity contribution >= 4 is 10.9 Å². The van der Waals surface area contributed by atoms with E-state index in [0.29, 0.717) is 23.2 Å². The standard InChI is InChI=1S/C14H16N2O3/c1-19-10-2-3-12-11(6-10)13(18)16(9-15-12)7-14(8-17)4-5-14/h2-3,6,9,17H,4-5,7-8H2,1H3. The maximum absolute atomic E-state index is 12.4. The molecule has 1 N–H and O–H groups in total. The number of methoxy groups -OCH3 is 1. The number of benzene rings is 1. The lowest BCUT2D eigenvalue weighted by Gasteiger charge is -2.13. The predicted octanol–water partition coefficient (Wildman–Crippen LogP) is 1.18. The lowest BCUT2D eigenvalue weighted by molar-refractivity contribution is 0.193. The molecule has 1 heterocycles. The Morgan fingerprint density at radius 2 is 2.26 bits per heavy atom. The van der Waals surface area contributed by atoms with Crippen LogP contribution in [-0.2, 0) is 6.54 Å². The van der Waals surface area contributed by atoms with Crippen LogP contribution in [0.3, 0.4) is 0 Å². The van der Waals surface area contributed by atoms with Crippen LogP contribution in [-0.4, -0.2) is 28.4 Å². The molecule has 2 aromatic rings. The van der Waals surface area contributed by atoms with E-state index in [2.05, 4.69) is 4.98 Å². The number of ether oxygens (including phenoxy) is 1. The normalized spacial score (nSPS) is 16.5. The van der Waals surface area contributed by atoms with Gasteiger partial charge < -0.3 is 9.84 Å². The largest absolute Gasteiger partial charge is 0.497 e. The van der Waals surface area contributed by atoms with Gasteiger partial charge in [-0.25, -0.2) is 4.98 Å². The second-order valence-corrected chi connectivity index (χ2v) is 5.22. The summed E-state index contributed by atoms with van der Waals surface area (Å²) in [6, 6.07) is 5.27. The smallest absolute Gasteiger partial charge is 0.261 e. The van der Waals surface area contributed by atoms with Gasteiger partial charge in [-0.1, -0.05) is 0 Å². The number of hydrogen-bond donors (Lipinski definition) is 1. The number of rotatable bonds is 4. The van der Waals surface area contributed by atoms with Gasteiger partial charge >= 0.3 is 0 Å². The molecule has 0 amide bonds. The second kappa shape index (κ2) is 4.35. The zero-order valence-corrected chi connectivity index (χ0v) is 10.8. The molecule has 0 spiro atoms. The fraction of sp³-hybridized carbons (Fsp3) is 0.429. The Morgan fingerprint density at radius 3 is 2.89 bits per heavy atom. The van der Waals surface area contributed by atoms with Crippen LogP contribution < -0.4 is 10.3 Å². The van der Waals surface area contributed by atoms with Crippen molar-refractivity contribution in [2.75, 3.05) is 13.7 Å². The van der Waals surface area contributed by atoms with E-state index in [-0.39, 0.29) is 17.6 Å². The van der Waals surface area contributed by atoms with Crippen molar-refractivity contribution in [1.82, 2.24) is 9.55 Å². The summed E-state index contributed by atoms with van der Waals surface area (Å²) in [7, 11) is 1.57. The van der Waals surface area contributed by atoms with E-state index in [1.165, 1.54) is 0 Å². The van der Waals surface area contributed by atoms with Gasteiger partial charge in [0.1, 0.15) is 5.75 Å². The Hall–Kier alpha value is -1.88. The molecule has 19 heavy (non-hydrogen) atoms. The highest BCUT2D eigenvalue weighted by atomic mass is 16.5. The minimum Gasteiger partial charge on any atom is -0.497 e. The highest BCUT2D eigenvalue weighted by Crippen LogP contribution is 2.46. The zero-order chi connectivity index (χ0) is 13.5. The van der Waals surface area contributed by atoms with Crippen molar-refractivity contribution in [3.8, 4) is 5.75 Å². The molecule has 0 bridgehead atoms. The molecule has 1 fully saturated rings. The first kappa shape index (κ1) is 12.2. The molecular formula is C14H16N2O3. The van der Waals surface area contributed by atoms with Crippen LogP contribution in [0, 0.1) is 5.41 Å². The zero-order valence-electron chi connectivity index (χ0n) is 10.8. The van der Waals surface area contributed by atoms with Gasteiger partial charge in [-0.3, -0.25) is 9.36 Å². The third-order valence-corrected chi connectivity index (χ3v) is 3.83. The third-order valence-electron chi connectivity index (χ3n) is 3.83. The van der Waals surface area contributed by atoms with E-state index in [1.54, 1.807) is 36.2 Å². The summed E-state index contributed by atoms with van der Waals surface area (Å²) in [6.45, 7) is 0.651. The van der Waals surface area contributed by atoms with Crippen LogP contribution in [0.2, 0.25) is 0 Å². The number of hydrogen-bond acceptors (Lipinski definition) is 4. The van der Waals surface area contributed by atoms with Crippen LogP contribution >= 0.6 is 0 Å². The molecule has 0 saturated heterocycles. The maximum atomic E-state index is 12.4. The first-order chi connectivity index (χ1) is 9.17. The number of aromatic nitrogens is 2. The molecule has 0 radical (unpaired) electrons. The van der Waals surface area contributed by atoms with Crippen LogP contribution in [0.4, 0.5) is 0 Å². The molecule has 0 aliphatic heterocycles. The summed E-state index contributed by atoms with van der Waals surface area (Å²) in [5.41, 5.74) is 0.470. The molecule has 100 valence electrons. The molecule has 0 unspecified atom stereocenters. The molecule has 0 atom stereocenters. The maximum Gasteiger partial charge on any atom is 0.261 e. The van der Waals surface area contributed by atoms with Gasteiger partial charge in [0.2, 0.25) is 0 Å². The Balaban J connectivity index is 2.06. The number of aliphatic hydroxyl groups is 1. The summed E-state index contributed by atoms with van der Waals surface area (Å²) in [5, 5.41) is 9.90. The van der Waals surface area contributed by atoms with Gasteiger partial charge in [-0.15, -0.1) is 0 Å². The van der Waals surface area contributed by atoms with Gasteiger partial charge in [0.05, 0.1) is 30.9 Å². The highest BCUT2D eigenvalue weighted by molar-refractivity contribution is 5.78. The van der Waals surface area contributed by atoms with Crippen LogP contribution in [0.25, 0.3) is 10.9 Å². The fourth-order valence-electron chi connectivity index (χ4n) is 2.28. The van der Waals surface area contributed by atoms with Crippen molar-refractivity contribution < 1.29 is 9.84 Å². The summed E-state index contributed by atoms with van der Waals surface area (Å²) >= 11 is 0. The van der Waals surface area contributed by atoms with Crippen molar-refractivity contribution in [2.45, 2.75) is 19.4 Å². The molecule has 1 aromatic carbocycles. The van der Waals surface area contributed by atoms with E-state index in [0.717, 1.165) is 12.8 Å². The molecule has 5 nitrogen and oxygen atoms in total. The summed E-state index contributed by atoms with van der Waals surface area (Å²) in [4.78, 5) is 16.7. The lowest BCUT2D eigenvalue weighted by atomic mass is 10.1. The second-order valence-electron chi connectivity index (χ2n) is 5.22. The van der Waals surface area contributed by atoms with Gasteiger partial charge in [0.15, 0.2) is 0 Å². The average Bonchev–Trinajstić information content (AvgIpc) is 3.22. The molecular weight excluding hydrogens is 244 g/mol. The van der Waals surface area contributed by atoms with Gasteiger partial charge in [-0.05, 0) is 31.0 Å². The molecule has 1 aliphatic rings. The molecule has 1 aliphatic carbocycles. The Bertz CT molecular complexity index is 674. The van der Waals surface area contributed by atoms with Crippen molar-refractivity contribution in [3.05, 3.63) is 34.9 Å². The van der Waals surface area contributed by atoms with Gasteiger partial charge in [-0.2, -0.15) is 0 Å². The molecule has 1 aromatic heterocycles. The molecule has 1 saturated carbocycles. The fourth-order valence-corrected chi connectivity index (χ4v) is 2.28. The number of fused-ring (bicyclic) bond motifs is 1. The Morgan fingerprint density at radius 1 is 1.47 bits per heavy atom. The number of aliphatic hydroxyl groups excluding tert-OH is 1. The van der Waals surface area contributed by atoms with Crippen molar-refractivity contribution in [1.29, 1.82) is 0 Å². The van der Waals surface area contributed by atoms with Gasteiger partial charge in [0, 0.05) is 12.0 Å². The predicted molar refractivity (Wildman–Crippen MR) is 71.3 cm³/mol. The van der Waals surface area contributed by atoms with Crippen molar-refractivity contribution in [2.24, 2.45) is 5.41 Å².